The number of benzene rings is 1. The molecule has 0 unspecified atom stereocenters. The highest BCUT2D eigenvalue weighted by atomic mass is 35.5. The highest BCUT2D eigenvalue weighted by Crippen LogP contribution is 2.26. The van der Waals surface area contributed by atoms with Crippen molar-refractivity contribution < 1.29 is 19.8 Å². The van der Waals surface area contributed by atoms with Crippen molar-refractivity contribution in [2.24, 2.45) is 0 Å². The van der Waals surface area contributed by atoms with Crippen LogP contribution in [0.3, 0.4) is 0 Å². The lowest BCUT2D eigenvalue weighted by molar-refractivity contribution is -0.136. The number of hydrogen-bond acceptors (Lipinski definition) is 5. The van der Waals surface area contributed by atoms with Crippen LogP contribution in [0.2, 0.25) is 10.0 Å². The molecule has 2 aromatic rings. The van der Waals surface area contributed by atoms with E-state index in [1.165, 1.54) is 6.07 Å². The van der Waals surface area contributed by atoms with Crippen molar-refractivity contribution in [1.29, 1.82) is 5.26 Å². The summed E-state index contributed by atoms with van der Waals surface area (Å²) in [6, 6.07) is 8.05. The fraction of sp³-hybridized carbons (Fsp3) is 0.176. The van der Waals surface area contributed by atoms with E-state index in [-0.39, 0.29) is 24.1 Å². The molecule has 1 heterocycles. The van der Waals surface area contributed by atoms with Gasteiger partial charge in [0.1, 0.15) is 11.8 Å². The fourth-order valence-corrected chi connectivity index (χ4v) is 2.79. The van der Waals surface area contributed by atoms with Gasteiger partial charge in [0.25, 0.3) is 0 Å². The molecule has 0 radical (unpaired) electrons. The topological polar surface area (TPSA) is 111 Å². The van der Waals surface area contributed by atoms with Crippen molar-refractivity contribution in [3.8, 4) is 11.8 Å². The number of rotatable bonds is 6. The summed E-state index contributed by atoms with van der Waals surface area (Å²) in [5, 5.41) is 28.7. The van der Waals surface area contributed by atoms with Crippen LogP contribution in [0.1, 0.15) is 40.2 Å². The number of aliphatic carboxylic acids is 1. The molecule has 0 amide bonds. The van der Waals surface area contributed by atoms with Gasteiger partial charge in [-0.2, -0.15) is 5.26 Å². The van der Waals surface area contributed by atoms with E-state index in [1.54, 1.807) is 24.3 Å². The Labute approximate surface area is 153 Å². The summed E-state index contributed by atoms with van der Waals surface area (Å²) in [6.45, 7) is 0. The molecule has 1 aromatic carbocycles. The molecule has 25 heavy (non-hydrogen) atoms. The molecular weight excluding hydrogens is 367 g/mol. The Balaban J connectivity index is 2.39. The molecule has 0 aliphatic heterocycles. The van der Waals surface area contributed by atoms with Gasteiger partial charge in [-0.25, -0.2) is 4.98 Å². The summed E-state index contributed by atoms with van der Waals surface area (Å²) in [4.78, 5) is 26.8. The normalized spacial score (nSPS) is 10.3. The summed E-state index contributed by atoms with van der Waals surface area (Å²) in [5.41, 5.74) is 0.634. The van der Waals surface area contributed by atoms with Crippen LogP contribution in [0, 0.1) is 11.3 Å². The molecule has 6 nitrogen and oxygen atoms in total. The first-order valence-electron chi connectivity index (χ1n) is 7.13. The van der Waals surface area contributed by atoms with E-state index in [0.29, 0.717) is 21.3 Å². The van der Waals surface area contributed by atoms with Gasteiger partial charge in [0.05, 0.1) is 12.0 Å². The Morgan fingerprint density at radius 1 is 1.12 bits per heavy atom. The molecule has 0 fully saturated rings. The predicted molar refractivity (Wildman–Crippen MR) is 91.1 cm³/mol. The Morgan fingerprint density at radius 2 is 1.76 bits per heavy atom. The number of carbonyl (C=O) groups is 2. The zero-order valence-corrected chi connectivity index (χ0v) is 14.3. The Kier molecular flexibility index (Phi) is 5.97. The number of ketones is 1. The first-order chi connectivity index (χ1) is 11.8. The Morgan fingerprint density at radius 3 is 2.32 bits per heavy atom. The van der Waals surface area contributed by atoms with Gasteiger partial charge in [0.2, 0.25) is 0 Å². The van der Waals surface area contributed by atoms with Crippen LogP contribution in [0.25, 0.3) is 0 Å². The molecule has 128 valence electrons. The number of carbonyl (C=O) groups excluding carboxylic acids is 1. The largest absolute Gasteiger partial charge is 0.504 e. The number of pyridine rings is 1. The minimum absolute atomic E-state index is 0.114. The number of carboxylic acids is 1. The van der Waals surface area contributed by atoms with E-state index in [1.807, 2.05) is 0 Å². The van der Waals surface area contributed by atoms with Crippen LogP contribution in [0.4, 0.5) is 0 Å². The maximum atomic E-state index is 12.1. The number of halogens is 2. The third kappa shape index (κ3) is 4.92. The van der Waals surface area contributed by atoms with Crippen molar-refractivity contribution in [2.75, 3.05) is 0 Å². The summed E-state index contributed by atoms with van der Waals surface area (Å²) in [6.07, 6.45) is -0.488. The van der Waals surface area contributed by atoms with Gasteiger partial charge in [-0.3, -0.25) is 9.59 Å². The quantitative estimate of drug-likeness (QED) is 0.742. The summed E-state index contributed by atoms with van der Waals surface area (Å²) < 4.78 is 0. The van der Waals surface area contributed by atoms with Crippen molar-refractivity contribution in [2.45, 2.75) is 19.3 Å². The van der Waals surface area contributed by atoms with Crippen molar-refractivity contribution in [3.63, 3.8) is 0 Å². The number of Topliss-reactive ketones (excluding diaryl/α,β-unsaturated/α-hetero) is 1. The lowest BCUT2D eigenvalue weighted by Gasteiger charge is -2.09. The van der Waals surface area contributed by atoms with Crippen LogP contribution in [-0.2, 0) is 11.2 Å². The van der Waals surface area contributed by atoms with Crippen LogP contribution in [0.5, 0.6) is 5.75 Å². The van der Waals surface area contributed by atoms with E-state index in [0.717, 1.165) is 0 Å². The second kappa shape index (κ2) is 7.97. The SMILES string of the molecule is N#Cc1cc(Cc2cc(Cl)cc(Cl)c2)nc(C(=O)CCC(=O)O)c1O. The molecule has 8 heteroatoms. The molecule has 0 atom stereocenters. The van der Waals surface area contributed by atoms with Crippen LogP contribution < -0.4 is 0 Å². The van der Waals surface area contributed by atoms with Gasteiger partial charge in [-0.15, -0.1) is 0 Å². The molecule has 1 aromatic heterocycles. The number of nitrogens with zero attached hydrogens (tertiary/aromatic N) is 2. The minimum atomic E-state index is -1.14. The second-order valence-corrected chi connectivity index (χ2v) is 6.11. The van der Waals surface area contributed by atoms with E-state index in [9.17, 15) is 14.7 Å². The van der Waals surface area contributed by atoms with Crippen LogP contribution >= 0.6 is 23.2 Å². The third-order valence-corrected chi connectivity index (χ3v) is 3.74. The molecule has 0 bridgehead atoms. The lowest BCUT2D eigenvalue weighted by atomic mass is 10.0. The van der Waals surface area contributed by atoms with E-state index in [2.05, 4.69) is 4.98 Å². The lowest BCUT2D eigenvalue weighted by Crippen LogP contribution is -2.09. The monoisotopic (exact) mass is 378 g/mol. The fourth-order valence-electron chi connectivity index (χ4n) is 2.22. The van der Waals surface area contributed by atoms with Crippen molar-refractivity contribution in [3.05, 3.63) is 56.8 Å². The van der Waals surface area contributed by atoms with Crippen LogP contribution in [-0.4, -0.2) is 26.9 Å². The van der Waals surface area contributed by atoms with Gasteiger partial charge in [-0.1, -0.05) is 23.2 Å². The summed E-state index contributed by atoms with van der Waals surface area (Å²) >= 11 is 11.9. The average molecular weight is 379 g/mol. The number of carboxylic acid groups (broad SMARTS) is 1. The molecule has 2 N–H and O–H groups in total. The van der Waals surface area contributed by atoms with Gasteiger partial charge < -0.3 is 10.2 Å². The number of aromatic nitrogens is 1. The average Bonchev–Trinajstić information content (AvgIpc) is 2.53. The van der Waals surface area contributed by atoms with Gasteiger partial charge in [-0.05, 0) is 29.8 Å². The third-order valence-electron chi connectivity index (χ3n) is 3.30. The molecule has 2 rings (SSSR count). The molecule has 0 aliphatic rings. The number of hydrogen-bond donors (Lipinski definition) is 2. The minimum Gasteiger partial charge on any atom is -0.504 e. The summed E-state index contributed by atoms with van der Waals surface area (Å²) in [7, 11) is 0. The van der Waals surface area contributed by atoms with Crippen molar-refractivity contribution >= 4 is 35.0 Å². The molecule has 0 spiro atoms. The Bertz CT molecular complexity index is 871. The highest BCUT2D eigenvalue weighted by Gasteiger charge is 2.19. The number of nitriles is 1. The Hall–Kier alpha value is -2.62. The molecule has 0 saturated heterocycles. The smallest absolute Gasteiger partial charge is 0.303 e. The molecule has 0 aliphatic carbocycles. The first-order valence-corrected chi connectivity index (χ1v) is 7.88. The van der Waals surface area contributed by atoms with E-state index in [4.69, 9.17) is 33.6 Å². The van der Waals surface area contributed by atoms with Gasteiger partial charge >= 0.3 is 5.97 Å². The maximum absolute atomic E-state index is 12.1. The standard InChI is InChI=1S/C17H12Cl2N2O4/c18-11-3-9(4-12(19)7-11)5-13-6-10(8-20)17(25)16(21-13)14(22)1-2-15(23)24/h3-4,6-7,25H,1-2,5H2,(H,23,24). The zero-order chi connectivity index (χ0) is 18.6. The molecule has 0 saturated carbocycles. The first kappa shape index (κ1) is 18.7. The van der Waals surface area contributed by atoms with E-state index < -0.39 is 23.9 Å². The van der Waals surface area contributed by atoms with Crippen LogP contribution in [0.15, 0.2) is 24.3 Å². The van der Waals surface area contributed by atoms with E-state index >= 15 is 0 Å². The predicted octanol–water partition coefficient (Wildman–Crippen LogP) is 3.60. The highest BCUT2D eigenvalue weighted by molar-refractivity contribution is 6.34. The summed E-state index contributed by atoms with van der Waals surface area (Å²) in [5.74, 6) is -2.34. The zero-order valence-electron chi connectivity index (χ0n) is 12.8. The van der Waals surface area contributed by atoms with Crippen molar-refractivity contribution in [1.82, 2.24) is 4.98 Å². The maximum Gasteiger partial charge on any atom is 0.303 e. The van der Waals surface area contributed by atoms with Gasteiger partial charge in [0, 0.05) is 28.6 Å². The molecular formula is C17H12Cl2N2O4. The van der Waals surface area contributed by atoms with Gasteiger partial charge in [0.15, 0.2) is 11.5 Å². The second-order valence-electron chi connectivity index (χ2n) is 5.24. The number of aromatic hydroxyl groups is 1.